The van der Waals surface area contributed by atoms with Gasteiger partial charge in [-0.15, -0.1) is 0 Å². The summed E-state index contributed by atoms with van der Waals surface area (Å²) in [5.41, 5.74) is 0.111. The molecule has 22 heavy (non-hydrogen) atoms. The first-order valence-corrected chi connectivity index (χ1v) is 6.70. The Morgan fingerprint density at radius 3 is 2.41 bits per heavy atom. The Morgan fingerprint density at radius 1 is 1.00 bits per heavy atom. The van der Waals surface area contributed by atoms with Crippen LogP contribution in [0.15, 0.2) is 54.6 Å². The van der Waals surface area contributed by atoms with Crippen LogP contribution in [0.4, 0.5) is 14.9 Å². The maximum Gasteiger partial charge on any atom is 0.412 e. The van der Waals surface area contributed by atoms with Gasteiger partial charge in [-0.25, -0.2) is 9.18 Å². The summed E-state index contributed by atoms with van der Waals surface area (Å²) >= 11 is 0. The van der Waals surface area contributed by atoms with Crippen LogP contribution in [0.1, 0.15) is 6.42 Å². The summed E-state index contributed by atoms with van der Waals surface area (Å²) in [6.07, 6.45) is -0.636. The molecule has 0 fully saturated rings. The fraction of sp³-hybridized carbons (Fsp3) is 0.125. The van der Waals surface area contributed by atoms with E-state index < -0.39 is 17.8 Å². The minimum atomic E-state index is -0.648. The molecule has 0 saturated carbocycles. The van der Waals surface area contributed by atoms with E-state index in [9.17, 15) is 14.0 Å². The molecule has 0 aliphatic carbocycles. The molecule has 0 aromatic heterocycles. The van der Waals surface area contributed by atoms with Crippen molar-refractivity contribution < 1.29 is 18.7 Å². The molecule has 2 rings (SSSR count). The van der Waals surface area contributed by atoms with Crippen LogP contribution >= 0.6 is 0 Å². The van der Waals surface area contributed by atoms with Gasteiger partial charge in [0.05, 0.1) is 5.69 Å². The highest BCUT2D eigenvalue weighted by Gasteiger charge is 2.08. The zero-order chi connectivity index (χ0) is 15.8. The van der Waals surface area contributed by atoms with E-state index in [2.05, 4.69) is 10.6 Å². The molecular formula is C16H15FN2O3. The maximum absolute atomic E-state index is 13.3. The van der Waals surface area contributed by atoms with Crippen LogP contribution < -0.4 is 15.4 Å². The fourth-order valence-corrected chi connectivity index (χ4v) is 1.69. The topological polar surface area (TPSA) is 67.4 Å². The van der Waals surface area contributed by atoms with Gasteiger partial charge in [0.2, 0.25) is 5.91 Å². The van der Waals surface area contributed by atoms with E-state index in [4.69, 9.17) is 4.74 Å². The summed E-state index contributed by atoms with van der Waals surface area (Å²) in [6.45, 7) is 0.0892. The number of carbonyl (C=O) groups excluding carboxylic acids is 2. The molecule has 0 bridgehead atoms. The van der Waals surface area contributed by atoms with Gasteiger partial charge in [-0.3, -0.25) is 4.79 Å². The fourth-order valence-electron chi connectivity index (χ4n) is 1.69. The molecule has 0 saturated heterocycles. The van der Waals surface area contributed by atoms with Gasteiger partial charge >= 0.3 is 6.09 Å². The predicted octanol–water partition coefficient (Wildman–Crippen LogP) is 2.94. The van der Waals surface area contributed by atoms with Crippen molar-refractivity contribution in [3.8, 4) is 5.75 Å². The number of para-hydroxylation sites is 2. The second kappa shape index (κ2) is 7.78. The number of anilines is 1. The highest BCUT2D eigenvalue weighted by Crippen LogP contribution is 2.12. The van der Waals surface area contributed by atoms with Gasteiger partial charge in [-0.2, -0.15) is 0 Å². The van der Waals surface area contributed by atoms with E-state index in [0.29, 0.717) is 5.75 Å². The number of amides is 2. The zero-order valence-electron chi connectivity index (χ0n) is 11.7. The third-order valence-corrected chi connectivity index (χ3v) is 2.72. The molecule has 0 radical (unpaired) electrons. The number of hydrogen-bond acceptors (Lipinski definition) is 3. The molecule has 6 heteroatoms. The molecular weight excluding hydrogens is 287 g/mol. The van der Waals surface area contributed by atoms with Crippen molar-refractivity contribution in [3.63, 3.8) is 0 Å². The van der Waals surface area contributed by atoms with Crippen LogP contribution in [0, 0.1) is 5.82 Å². The lowest BCUT2D eigenvalue weighted by Gasteiger charge is -2.08. The Morgan fingerprint density at radius 2 is 1.68 bits per heavy atom. The van der Waals surface area contributed by atoms with Crippen LogP contribution in [0.25, 0.3) is 0 Å². The number of halogens is 1. The first-order chi connectivity index (χ1) is 10.6. The molecule has 5 nitrogen and oxygen atoms in total. The molecule has 114 valence electrons. The molecule has 0 heterocycles. The average molecular weight is 302 g/mol. The summed E-state index contributed by atoms with van der Waals surface area (Å²) in [7, 11) is 0. The first-order valence-electron chi connectivity index (χ1n) is 6.70. The maximum atomic E-state index is 13.3. The summed E-state index contributed by atoms with van der Waals surface area (Å²) in [5.74, 6) is -0.492. The van der Waals surface area contributed by atoms with E-state index in [1.54, 1.807) is 36.4 Å². The summed E-state index contributed by atoms with van der Waals surface area (Å²) in [6, 6.07) is 14.4. The van der Waals surface area contributed by atoms with Crippen molar-refractivity contribution in [3.05, 3.63) is 60.4 Å². The lowest BCUT2D eigenvalue weighted by Crippen LogP contribution is -2.30. The predicted molar refractivity (Wildman–Crippen MR) is 80.1 cm³/mol. The van der Waals surface area contributed by atoms with Gasteiger partial charge < -0.3 is 15.4 Å². The molecule has 2 aromatic rings. The third-order valence-electron chi connectivity index (χ3n) is 2.72. The van der Waals surface area contributed by atoms with Crippen LogP contribution in [-0.2, 0) is 4.79 Å². The van der Waals surface area contributed by atoms with Crippen molar-refractivity contribution in [1.82, 2.24) is 5.32 Å². The minimum absolute atomic E-state index is 0.0121. The molecule has 0 aliphatic rings. The second-order valence-corrected chi connectivity index (χ2v) is 4.41. The third kappa shape index (κ3) is 4.90. The van der Waals surface area contributed by atoms with Gasteiger partial charge in [0.15, 0.2) is 0 Å². The van der Waals surface area contributed by atoms with Gasteiger partial charge in [-0.05, 0) is 24.3 Å². The first kappa shape index (κ1) is 15.5. The van der Waals surface area contributed by atoms with Crippen LogP contribution in [0.5, 0.6) is 5.75 Å². The molecule has 2 amide bonds. The number of nitrogens with one attached hydrogen (secondary N) is 2. The average Bonchev–Trinajstić information content (AvgIpc) is 2.50. The Kier molecular flexibility index (Phi) is 5.48. The zero-order valence-corrected chi connectivity index (χ0v) is 11.7. The highest BCUT2D eigenvalue weighted by molar-refractivity contribution is 5.91. The number of rotatable bonds is 5. The van der Waals surface area contributed by atoms with E-state index in [1.165, 1.54) is 18.2 Å². The van der Waals surface area contributed by atoms with Gasteiger partial charge in [0.1, 0.15) is 11.6 Å². The largest absolute Gasteiger partial charge is 0.412 e. The van der Waals surface area contributed by atoms with Crippen LogP contribution in [-0.4, -0.2) is 18.5 Å². The Hall–Kier alpha value is -2.89. The summed E-state index contributed by atoms with van der Waals surface area (Å²) in [4.78, 5) is 23.1. The van der Waals surface area contributed by atoms with E-state index in [0.717, 1.165) is 0 Å². The van der Waals surface area contributed by atoms with Crippen LogP contribution in [0.3, 0.4) is 0 Å². The van der Waals surface area contributed by atoms with Crippen molar-refractivity contribution in [2.75, 3.05) is 11.9 Å². The quantitative estimate of drug-likeness (QED) is 0.892. The molecule has 0 atom stereocenters. The standard InChI is InChI=1S/C16H15FN2O3/c17-13-8-4-5-9-14(13)19-15(20)10-11-18-16(21)22-12-6-2-1-3-7-12/h1-9H,10-11H2,(H,18,21)(H,19,20). The van der Waals surface area contributed by atoms with Crippen molar-refractivity contribution in [1.29, 1.82) is 0 Å². The lowest BCUT2D eigenvalue weighted by molar-refractivity contribution is -0.116. The molecule has 0 spiro atoms. The van der Waals surface area contributed by atoms with E-state index in [1.807, 2.05) is 0 Å². The Bertz CT molecular complexity index is 647. The second-order valence-electron chi connectivity index (χ2n) is 4.41. The highest BCUT2D eigenvalue weighted by atomic mass is 19.1. The Labute approximate surface area is 127 Å². The van der Waals surface area contributed by atoms with Gasteiger partial charge in [0.25, 0.3) is 0 Å². The number of hydrogen-bond donors (Lipinski definition) is 2. The molecule has 2 aromatic carbocycles. The molecule has 0 aliphatic heterocycles. The number of carbonyl (C=O) groups is 2. The monoisotopic (exact) mass is 302 g/mol. The van der Waals surface area contributed by atoms with Crippen molar-refractivity contribution in [2.45, 2.75) is 6.42 Å². The molecule has 2 N–H and O–H groups in total. The lowest BCUT2D eigenvalue weighted by atomic mass is 10.3. The summed E-state index contributed by atoms with van der Waals surface area (Å²) in [5, 5.41) is 4.87. The van der Waals surface area contributed by atoms with Crippen molar-refractivity contribution >= 4 is 17.7 Å². The normalized spacial score (nSPS) is 9.86. The van der Waals surface area contributed by atoms with E-state index in [-0.39, 0.29) is 18.7 Å². The number of benzene rings is 2. The van der Waals surface area contributed by atoms with Crippen LogP contribution in [0.2, 0.25) is 0 Å². The van der Waals surface area contributed by atoms with Gasteiger partial charge in [-0.1, -0.05) is 30.3 Å². The minimum Gasteiger partial charge on any atom is -0.410 e. The van der Waals surface area contributed by atoms with E-state index >= 15 is 0 Å². The molecule has 0 unspecified atom stereocenters. The number of ether oxygens (including phenoxy) is 1. The summed E-state index contributed by atoms with van der Waals surface area (Å²) < 4.78 is 18.3. The Balaban J connectivity index is 1.71. The van der Waals surface area contributed by atoms with Crippen molar-refractivity contribution in [2.24, 2.45) is 0 Å². The SMILES string of the molecule is O=C(CCNC(=O)Oc1ccccc1)Nc1ccccc1F. The van der Waals surface area contributed by atoms with Gasteiger partial charge in [0, 0.05) is 13.0 Å². The smallest absolute Gasteiger partial charge is 0.410 e.